The van der Waals surface area contributed by atoms with E-state index in [-0.39, 0.29) is 18.5 Å². The van der Waals surface area contributed by atoms with Gasteiger partial charge in [0.1, 0.15) is 11.6 Å². The first-order valence-electron chi connectivity index (χ1n) is 9.42. The molecule has 0 spiro atoms. The first-order chi connectivity index (χ1) is 13.1. The SMILES string of the molecule is CCCCC1COC(c2ccc(-c3cc(F)c(COC)c(F)c3)cc2)OC1. The summed E-state index contributed by atoms with van der Waals surface area (Å²) < 4.78 is 44.8. The van der Waals surface area contributed by atoms with Crippen LogP contribution in [0.5, 0.6) is 0 Å². The average molecular weight is 376 g/mol. The van der Waals surface area contributed by atoms with Gasteiger partial charge in [-0.2, -0.15) is 0 Å². The minimum Gasteiger partial charge on any atom is -0.380 e. The van der Waals surface area contributed by atoms with Crippen molar-refractivity contribution >= 4 is 0 Å². The number of hydrogen-bond donors (Lipinski definition) is 0. The number of unbranched alkanes of at least 4 members (excludes halogenated alkanes) is 1. The molecular formula is C22H26F2O3. The Hall–Kier alpha value is -1.82. The Morgan fingerprint density at radius 3 is 2.19 bits per heavy atom. The standard InChI is InChI=1S/C22H26F2O3/c1-3-4-5-15-12-26-22(27-13-15)17-8-6-16(7-9-17)18-10-20(23)19(14-25-2)21(24)11-18/h6-11,15,22H,3-5,12-14H2,1-2H3. The van der Waals surface area contributed by atoms with E-state index in [1.807, 2.05) is 24.3 Å². The summed E-state index contributed by atoms with van der Waals surface area (Å²) in [6.45, 7) is 3.48. The summed E-state index contributed by atoms with van der Waals surface area (Å²) in [7, 11) is 1.41. The minimum atomic E-state index is -0.604. The number of hydrogen-bond acceptors (Lipinski definition) is 3. The van der Waals surface area contributed by atoms with Crippen molar-refractivity contribution in [2.24, 2.45) is 5.92 Å². The van der Waals surface area contributed by atoms with Crippen molar-refractivity contribution in [2.75, 3.05) is 20.3 Å². The van der Waals surface area contributed by atoms with E-state index < -0.39 is 11.6 Å². The highest BCUT2D eigenvalue weighted by Gasteiger charge is 2.23. The van der Waals surface area contributed by atoms with Crippen molar-refractivity contribution in [3.63, 3.8) is 0 Å². The molecule has 0 N–H and O–H groups in total. The lowest BCUT2D eigenvalue weighted by Crippen LogP contribution is -2.27. The van der Waals surface area contributed by atoms with Gasteiger partial charge in [0.05, 0.1) is 19.8 Å². The van der Waals surface area contributed by atoms with Gasteiger partial charge in [-0.15, -0.1) is 0 Å². The first kappa shape index (κ1) is 19.9. The van der Waals surface area contributed by atoms with Crippen molar-refractivity contribution in [3.8, 4) is 11.1 Å². The van der Waals surface area contributed by atoms with Crippen LogP contribution in [-0.2, 0) is 20.8 Å². The third-order valence-electron chi connectivity index (χ3n) is 4.88. The zero-order chi connectivity index (χ0) is 19.2. The Labute approximate surface area is 159 Å². The van der Waals surface area contributed by atoms with Crippen molar-refractivity contribution in [1.29, 1.82) is 0 Å². The minimum absolute atomic E-state index is 0.0560. The van der Waals surface area contributed by atoms with Crippen molar-refractivity contribution in [2.45, 2.75) is 39.1 Å². The Bertz CT molecular complexity index is 715. The molecule has 0 aliphatic carbocycles. The van der Waals surface area contributed by atoms with E-state index in [4.69, 9.17) is 14.2 Å². The molecule has 1 aliphatic rings. The first-order valence-corrected chi connectivity index (χ1v) is 9.42. The Morgan fingerprint density at radius 2 is 1.63 bits per heavy atom. The third kappa shape index (κ3) is 4.92. The maximum absolute atomic E-state index is 14.1. The monoisotopic (exact) mass is 376 g/mol. The molecule has 3 rings (SSSR count). The number of ether oxygens (including phenoxy) is 3. The molecule has 0 unspecified atom stereocenters. The zero-order valence-corrected chi connectivity index (χ0v) is 15.8. The Kier molecular flexibility index (Phi) is 6.94. The summed E-state index contributed by atoms with van der Waals surface area (Å²) in [6, 6.07) is 10.1. The number of halogens is 2. The summed E-state index contributed by atoms with van der Waals surface area (Å²) in [6.07, 6.45) is 3.11. The highest BCUT2D eigenvalue weighted by molar-refractivity contribution is 5.64. The molecule has 0 amide bonds. The summed E-state index contributed by atoms with van der Waals surface area (Å²) in [5, 5.41) is 0. The molecule has 1 aliphatic heterocycles. The van der Waals surface area contributed by atoms with E-state index in [9.17, 15) is 8.78 Å². The molecule has 0 atom stereocenters. The van der Waals surface area contributed by atoms with Crippen LogP contribution in [0, 0.1) is 17.6 Å². The quantitative estimate of drug-likeness (QED) is 0.627. The normalized spacial score (nSPS) is 20.0. The van der Waals surface area contributed by atoms with Gasteiger partial charge in [-0.1, -0.05) is 44.0 Å². The molecule has 5 heteroatoms. The van der Waals surface area contributed by atoms with Crippen LogP contribution in [0.15, 0.2) is 36.4 Å². The van der Waals surface area contributed by atoms with Crippen LogP contribution in [-0.4, -0.2) is 20.3 Å². The van der Waals surface area contributed by atoms with Crippen molar-refractivity contribution in [1.82, 2.24) is 0 Å². The highest BCUT2D eigenvalue weighted by Crippen LogP contribution is 2.30. The van der Waals surface area contributed by atoms with Crippen LogP contribution in [0.4, 0.5) is 8.78 Å². The second kappa shape index (κ2) is 9.40. The van der Waals surface area contributed by atoms with Crippen LogP contribution >= 0.6 is 0 Å². The number of benzene rings is 2. The topological polar surface area (TPSA) is 27.7 Å². The second-order valence-corrected chi connectivity index (χ2v) is 6.98. The van der Waals surface area contributed by atoms with E-state index in [2.05, 4.69) is 6.92 Å². The number of methoxy groups -OCH3 is 1. The van der Waals surface area contributed by atoms with Gasteiger partial charge in [-0.25, -0.2) is 8.78 Å². The van der Waals surface area contributed by atoms with Crippen molar-refractivity contribution < 1.29 is 23.0 Å². The van der Waals surface area contributed by atoms with E-state index in [1.165, 1.54) is 32.1 Å². The summed E-state index contributed by atoms with van der Waals surface area (Å²) >= 11 is 0. The molecule has 1 saturated heterocycles. The van der Waals surface area contributed by atoms with Crippen LogP contribution < -0.4 is 0 Å². The van der Waals surface area contributed by atoms with Gasteiger partial charge in [0.2, 0.25) is 0 Å². The molecule has 0 aromatic heterocycles. The molecule has 0 saturated carbocycles. The average Bonchev–Trinajstić information content (AvgIpc) is 2.69. The molecule has 0 radical (unpaired) electrons. The third-order valence-corrected chi connectivity index (χ3v) is 4.88. The van der Waals surface area contributed by atoms with Gasteiger partial charge < -0.3 is 14.2 Å². The van der Waals surface area contributed by atoms with E-state index in [0.29, 0.717) is 24.7 Å². The van der Waals surface area contributed by atoms with Gasteiger partial charge in [-0.05, 0) is 29.7 Å². The summed E-state index contributed by atoms with van der Waals surface area (Å²) in [5.41, 5.74) is 2.07. The smallest absolute Gasteiger partial charge is 0.183 e. The van der Waals surface area contributed by atoms with Gasteiger partial charge in [-0.3, -0.25) is 0 Å². The lowest BCUT2D eigenvalue weighted by Gasteiger charge is -2.29. The summed E-state index contributed by atoms with van der Waals surface area (Å²) in [4.78, 5) is 0. The zero-order valence-electron chi connectivity index (χ0n) is 15.8. The molecule has 0 bridgehead atoms. The molecule has 1 heterocycles. The predicted octanol–water partition coefficient (Wildman–Crippen LogP) is 5.63. The largest absolute Gasteiger partial charge is 0.380 e. The van der Waals surface area contributed by atoms with Gasteiger partial charge in [0.15, 0.2) is 6.29 Å². The highest BCUT2D eigenvalue weighted by atomic mass is 19.1. The lowest BCUT2D eigenvalue weighted by atomic mass is 10.0. The van der Waals surface area contributed by atoms with Gasteiger partial charge in [0, 0.05) is 24.2 Å². The van der Waals surface area contributed by atoms with Crippen LogP contribution in [0.2, 0.25) is 0 Å². The van der Waals surface area contributed by atoms with Crippen LogP contribution in [0.25, 0.3) is 11.1 Å². The van der Waals surface area contributed by atoms with Crippen molar-refractivity contribution in [3.05, 3.63) is 59.2 Å². The fraction of sp³-hybridized carbons (Fsp3) is 0.455. The Balaban J connectivity index is 1.68. The maximum atomic E-state index is 14.1. The molecular weight excluding hydrogens is 350 g/mol. The molecule has 2 aromatic carbocycles. The molecule has 2 aromatic rings. The molecule has 1 fully saturated rings. The van der Waals surface area contributed by atoms with Crippen LogP contribution in [0.3, 0.4) is 0 Å². The van der Waals surface area contributed by atoms with Crippen LogP contribution in [0.1, 0.15) is 43.6 Å². The van der Waals surface area contributed by atoms with Gasteiger partial charge >= 0.3 is 0 Å². The molecule has 27 heavy (non-hydrogen) atoms. The second-order valence-electron chi connectivity index (χ2n) is 6.98. The summed E-state index contributed by atoms with van der Waals surface area (Å²) in [5.74, 6) is -0.752. The lowest BCUT2D eigenvalue weighted by molar-refractivity contribution is -0.206. The van der Waals surface area contributed by atoms with E-state index in [1.54, 1.807) is 0 Å². The Morgan fingerprint density at radius 1 is 1.00 bits per heavy atom. The number of rotatable bonds is 7. The molecule has 3 nitrogen and oxygen atoms in total. The fourth-order valence-corrected chi connectivity index (χ4v) is 3.28. The fourth-order valence-electron chi connectivity index (χ4n) is 3.28. The van der Waals surface area contributed by atoms with Gasteiger partial charge in [0.25, 0.3) is 0 Å². The predicted molar refractivity (Wildman–Crippen MR) is 100 cm³/mol. The van der Waals surface area contributed by atoms with E-state index in [0.717, 1.165) is 17.5 Å². The molecule has 146 valence electrons. The van der Waals surface area contributed by atoms with E-state index >= 15 is 0 Å². The maximum Gasteiger partial charge on any atom is 0.183 e.